The highest BCUT2D eigenvalue weighted by molar-refractivity contribution is 5.71. The second-order valence-corrected chi connectivity index (χ2v) is 3.21. The van der Waals surface area contributed by atoms with Crippen LogP contribution in [0.5, 0.6) is 5.75 Å². The van der Waals surface area contributed by atoms with E-state index in [-0.39, 0.29) is 13.2 Å². The molecule has 0 aliphatic rings. The first kappa shape index (κ1) is 13.8. The monoisotopic (exact) mass is 253 g/mol. The fourth-order valence-electron chi connectivity index (χ4n) is 1.16. The summed E-state index contributed by atoms with van der Waals surface area (Å²) >= 11 is 0. The van der Waals surface area contributed by atoms with E-state index in [9.17, 15) is 4.79 Å². The molecule has 0 fully saturated rings. The Morgan fingerprint density at radius 2 is 2.06 bits per heavy atom. The van der Waals surface area contributed by atoms with E-state index in [4.69, 9.17) is 20.2 Å². The van der Waals surface area contributed by atoms with Crippen LogP contribution in [0.1, 0.15) is 12.5 Å². The summed E-state index contributed by atoms with van der Waals surface area (Å²) in [4.78, 5) is 15.8. The lowest BCUT2D eigenvalue weighted by Crippen LogP contribution is -2.14. The van der Waals surface area contributed by atoms with Crippen LogP contribution in [0.2, 0.25) is 0 Å². The van der Waals surface area contributed by atoms with Gasteiger partial charge in [0.25, 0.3) is 0 Å². The molecule has 1 rings (SSSR count). The Kier molecular flexibility index (Phi) is 6.02. The molecule has 0 aromatic heterocycles. The second-order valence-electron chi connectivity index (χ2n) is 3.21. The van der Waals surface area contributed by atoms with Gasteiger partial charge in [-0.1, -0.05) is 12.1 Å². The molecular formula is C11H15N3O4. The zero-order valence-electron chi connectivity index (χ0n) is 10.0. The molecule has 0 radical (unpaired) electrons. The van der Waals surface area contributed by atoms with Gasteiger partial charge in [0, 0.05) is 5.28 Å². The molecule has 2 N–H and O–H groups in total. The Bertz CT molecular complexity index is 392. The van der Waals surface area contributed by atoms with E-state index in [0.29, 0.717) is 12.4 Å². The van der Waals surface area contributed by atoms with Crippen molar-refractivity contribution >= 4 is 5.97 Å². The van der Waals surface area contributed by atoms with Gasteiger partial charge in [0.05, 0.1) is 6.61 Å². The van der Waals surface area contributed by atoms with Crippen molar-refractivity contribution in [3.05, 3.63) is 29.8 Å². The summed E-state index contributed by atoms with van der Waals surface area (Å²) in [7, 11) is 0. The van der Waals surface area contributed by atoms with Gasteiger partial charge in [-0.3, -0.25) is 0 Å². The van der Waals surface area contributed by atoms with Gasteiger partial charge in [0.2, 0.25) is 0 Å². The molecule has 0 saturated heterocycles. The van der Waals surface area contributed by atoms with Crippen molar-refractivity contribution in [1.29, 1.82) is 0 Å². The van der Waals surface area contributed by atoms with Crippen LogP contribution in [0.15, 0.2) is 34.8 Å². The van der Waals surface area contributed by atoms with E-state index in [1.165, 1.54) is 0 Å². The number of rotatable bonds is 7. The Morgan fingerprint density at radius 1 is 1.33 bits per heavy atom. The number of nitrogens with two attached hydrogens (primary N) is 1. The van der Waals surface area contributed by atoms with Gasteiger partial charge in [-0.05, 0) is 29.8 Å². The first-order valence-corrected chi connectivity index (χ1v) is 5.35. The third-order valence-corrected chi connectivity index (χ3v) is 1.92. The molecule has 0 heterocycles. The van der Waals surface area contributed by atoms with Gasteiger partial charge in [0.15, 0.2) is 6.61 Å². The lowest BCUT2D eigenvalue weighted by Gasteiger charge is -2.06. The molecule has 0 saturated carbocycles. The Balaban J connectivity index is 2.37. The fourth-order valence-corrected chi connectivity index (χ4v) is 1.16. The lowest BCUT2D eigenvalue weighted by atomic mass is 10.2. The Labute approximate surface area is 104 Å². The van der Waals surface area contributed by atoms with E-state index < -0.39 is 5.97 Å². The van der Waals surface area contributed by atoms with Crippen molar-refractivity contribution in [3.63, 3.8) is 0 Å². The van der Waals surface area contributed by atoms with Crippen molar-refractivity contribution in [3.8, 4) is 5.75 Å². The summed E-state index contributed by atoms with van der Waals surface area (Å²) in [5.74, 6) is 4.96. The Morgan fingerprint density at radius 3 is 2.67 bits per heavy atom. The van der Waals surface area contributed by atoms with Crippen molar-refractivity contribution in [2.75, 3.05) is 13.2 Å². The minimum absolute atomic E-state index is 0.106. The lowest BCUT2D eigenvalue weighted by molar-refractivity contribution is -0.145. The average Bonchev–Trinajstić information content (AvgIpc) is 2.38. The van der Waals surface area contributed by atoms with Crippen molar-refractivity contribution < 1.29 is 19.1 Å². The summed E-state index contributed by atoms with van der Waals surface area (Å²) in [5.41, 5.74) is 0.880. The zero-order chi connectivity index (χ0) is 13.2. The largest absolute Gasteiger partial charge is 0.482 e. The molecule has 0 bridgehead atoms. The van der Waals surface area contributed by atoms with Gasteiger partial charge in [0.1, 0.15) is 12.4 Å². The van der Waals surface area contributed by atoms with Crippen molar-refractivity contribution in [1.82, 2.24) is 0 Å². The summed E-state index contributed by atoms with van der Waals surface area (Å²) in [6.45, 7) is 2.24. The first-order chi connectivity index (χ1) is 8.76. The predicted octanol–water partition coefficient (Wildman–Crippen LogP) is 1.39. The highest BCUT2D eigenvalue weighted by Gasteiger charge is 2.02. The van der Waals surface area contributed by atoms with Gasteiger partial charge >= 0.3 is 5.97 Å². The molecule has 0 atom stereocenters. The van der Waals surface area contributed by atoms with Crippen LogP contribution >= 0.6 is 0 Å². The first-order valence-electron chi connectivity index (χ1n) is 5.35. The Hall–Kier alpha value is -2.31. The van der Waals surface area contributed by atoms with Gasteiger partial charge in [-0.2, -0.15) is 0 Å². The maximum absolute atomic E-state index is 11.1. The number of carbonyl (C=O) groups is 1. The normalized spacial score (nSPS) is 10.3. The minimum Gasteiger partial charge on any atom is -0.482 e. The molecule has 0 spiro atoms. The standard InChI is InChI=1S/C11H15N3O4/c1-2-16-11(15)8-17-10-5-3-9(4-6-10)7-18-14-13-12/h3-6H,2,7-8H2,1H3,(H2,12,14). The topological polar surface area (TPSA) is 95.5 Å². The highest BCUT2D eigenvalue weighted by atomic mass is 16.6. The number of esters is 1. The van der Waals surface area contributed by atoms with Gasteiger partial charge in [-0.25, -0.2) is 4.79 Å². The summed E-state index contributed by atoms with van der Waals surface area (Å²) in [5, 5.41) is 6.14. The van der Waals surface area contributed by atoms with Crippen LogP contribution in [-0.2, 0) is 21.0 Å². The van der Waals surface area contributed by atoms with Crippen LogP contribution in [-0.4, -0.2) is 19.2 Å². The van der Waals surface area contributed by atoms with Crippen molar-refractivity contribution in [2.24, 2.45) is 16.3 Å². The molecule has 0 aliphatic heterocycles. The maximum Gasteiger partial charge on any atom is 0.344 e. The van der Waals surface area contributed by atoms with Gasteiger partial charge in [-0.15, -0.1) is 0 Å². The van der Waals surface area contributed by atoms with Crippen molar-refractivity contribution in [2.45, 2.75) is 13.5 Å². The molecule has 7 heteroatoms. The fraction of sp³-hybridized carbons (Fsp3) is 0.364. The van der Waals surface area contributed by atoms with E-state index in [2.05, 4.69) is 10.5 Å². The van der Waals surface area contributed by atoms with Crippen LogP contribution in [0.3, 0.4) is 0 Å². The molecule has 0 unspecified atom stereocenters. The number of hydrogen-bond donors (Lipinski definition) is 1. The molecule has 1 aromatic rings. The maximum atomic E-state index is 11.1. The quantitative estimate of drug-likeness (QED) is 0.343. The predicted molar refractivity (Wildman–Crippen MR) is 62.4 cm³/mol. The summed E-state index contributed by atoms with van der Waals surface area (Å²) < 4.78 is 9.96. The molecular weight excluding hydrogens is 238 g/mol. The number of nitrogens with zero attached hydrogens (tertiary/aromatic N) is 2. The molecule has 98 valence electrons. The molecule has 7 nitrogen and oxygen atoms in total. The molecule has 0 amide bonds. The SMILES string of the molecule is CCOC(=O)COc1ccc(CON=NN)cc1. The van der Waals surface area contributed by atoms with Crippen LogP contribution in [0.25, 0.3) is 0 Å². The van der Waals surface area contributed by atoms with E-state index in [1.54, 1.807) is 31.2 Å². The van der Waals surface area contributed by atoms with Crippen LogP contribution < -0.4 is 10.6 Å². The second kappa shape index (κ2) is 7.88. The van der Waals surface area contributed by atoms with E-state index in [0.717, 1.165) is 5.56 Å². The van der Waals surface area contributed by atoms with E-state index >= 15 is 0 Å². The molecule has 0 aliphatic carbocycles. The number of benzene rings is 1. The molecule has 1 aromatic carbocycles. The van der Waals surface area contributed by atoms with Gasteiger partial charge < -0.3 is 20.2 Å². The minimum atomic E-state index is -0.395. The van der Waals surface area contributed by atoms with Crippen LogP contribution in [0.4, 0.5) is 0 Å². The zero-order valence-corrected chi connectivity index (χ0v) is 10.0. The third kappa shape index (κ3) is 5.15. The number of ether oxygens (including phenoxy) is 2. The highest BCUT2D eigenvalue weighted by Crippen LogP contribution is 2.12. The number of carbonyl (C=O) groups excluding carboxylic acids is 1. The smallest absolute Gasteiger partial charge is 0.344 e. The summed E-state index contributed by atoms with van der Waals surface area (Å²) in [6, 6.07) is 7.01. The average molecular weight is 253 g/mol. The van der Waals surface area contributed by atoms with E-state index in [1.807, 2.05) is 0 Å². The summed E-state index contributed by atoms with van der Waals surface area (Å²) in [6.07, 6.45) is 0. The number of hydrogen-bond acceptors (Lipinski definition) is 6. The van der Waals surface area contributed by atoms with Crippen LogP contribution in [0, 0.1) is 0 Å². The molecule has 18 heavy (non-hydrogen) atoms. The third-order valence-electron chi connectivity index (χ3n) is 1.92.